The first-order valence-corrected chi connectivity index (χ1v) is 7.02. The van der Waals surface area contributed by atoms with Crippen LogP contribution in [-0.2, 0) is 0 Å². The Morgan fingerprint density at radius 3 is 2.82 bits per heavy atom. The molecule has 22 heavy (non-hydrogen) atoms. The van der Waals surface area contributed by atoms with Crippen LogP contribution in [0.1, 0.15) is 0 Å². The number of para-hydroxylation sites is 1. The van der Waals surface area contributed by atoms with E-state index in [0.717, 1.165) is 20.9 Å². The minimum atomic E-state index is -4.43. The van der Waals surface area contributed by atoms with Gasteiger partial charge in [-0.2, -0.15) is 18.2 Å². The Balaban J connectivity index is 1.96. The number of alkyl halides is 3. The van der Waals surface area contributed by atoms with E-state index in [-0.39, 0.29) is 6.01 Å². The predicted octanol–water partition coefficient (Wildman–Crippen LogP) is 4.33. The lowest BCUT2D eigenvalue weighted by Crippen LogP contribution is -2.20. The minimum absolute atomic E-state index is 0.306. The van der Waals surface area contributed by atoms with Crippen molar-refractivity contribution in [2.24, 2.45) is 0 Å². The van der Waals surface area contributed by atoms with Gasteiger partial charge < -0.3 is 9.72 Å². The van der Waals surface area contributed by atoms with E-state index in [1.54, 1.807) is 12.3 Å². The van der Waals surface area contributed by atoms with Gasteiger partial charge in [0.25, 0.3) is 0 Å². The molecule has 0 radical (unpaired) electrons. The lowest BCUT2D eigenvalue weighted by atomic mass is 10.1. The van der Waals surface area contributed by atoms with Crippen molar-refractivity contribution in [3.05, 3.63) is 41.1 Å². The number of nitrogens with zero attached hydrogens (tertiary/aromatic N) is 2. The second-order valence-electron chi connectivity index (χ2n) is 4.49. The highest BCUT2D eigenvalue weighted by molar-refractivity contribution is 9.10. The molecular formula is C14H9BrF3N3O. The Morgan fingerprint density at radius 1 is 1.23 bits per heavy atom. The van der Waals surface area contributed by atoms with Gasteiger partial charge in [0.15, 0.2) is 6.61 Å². The third kappa shape index (κ3) is 3.06. The number of halogens is 4. The Bertz CT molecular complexity index is 816. The highest BCUT2D eigenvalue weighted by Gasteiger charge is 2.29. The molecule has 2 heterocycles. The van der Waals surface area contributed by atoms with Gasteiger partial charge in [-0.25, -0.2) is 4.98 Å². The Morgan fingerprint density at radius 2 is 2.05 bits per heavy atom. The normalized spacial score (nSPS) is 11.8. The van der Waals surface area contributed by atoms with E-state index >= 15 is 0 Å². The molecule has 3 aromatic rings. The number of hydrogen-bond acceptors (Lipinski definition) is 3. The molecule has 3 rings (SSSR count). The van der Waals surface area contributed by atoms with Crippen LogP contribution in [0, 0.1) is 0 Å². The van der Waals surface area contributed by atoms with Gasteiger partial charge in [0.05, 0.1) is 11.2 Å². The highest BCUT2D eigenvalue weighted by atomic mass is 79.9. The second kappa shape index (κ2) is 5.60. The lowest BCUT2D eigenvalue weighted by Gasteiger charge is -2.08. The fourth-order valence-electron chi connectivity index (χ4n) is 2.04. The number of fused-ring (bicyclic) bond motifs is 1. The molecule has 0 saturated heterocycles. The molecule has 0 unspecified atom stereocenters. The van der Waals surface area contributed by atoms with Crippen molar-refractivity contribution in [1.82, 2.24) is 15.0 Å². The molecule has 1 N–H and O–H groups in total. The van der Waals surface area contributed by atoms with Crippen molar-refractivity contribution in [3.63, 3.8) is 0 Å². The van der Waals surface area contributed by atoms with Crippen molar-refractivity contribution >= 4 is 26.8 Å². The zero-order valence-electron chi connectivity index (χ0n) is 11.0. The predicted molar refractivity (Wildman–Crippen MR) is 78.6 cm³/mol. The van der Waals surface area contributed by atoms with Gasteiger partial charge >= 0.3 is 12.2 Å². The van der Waals surface area contributed by atoms with Crippen LogP contribution >= 0.6 is 15.9 Å². The van der Waals surface area contributed by atoms with Gasteiger partial charge in [0.1, 0.15) is 0 Å². The summed E-state index contributed by atoms with van der Waals surface area (Å²) in [5.41, 5.74) is 2.13. The van der Waals surface area contributed by atoms with Crippen molar-refractivity contribution in [2.75, 3.05) is 6.61 Å². The number of ether oxygens (including phenoxy) is 1. The molecule has 0 aliphatic heterocycles. The van der Waals surface area contributed by atoms with Gasteiger partial charge in [-0.3, -0.25) is 0 Å². The molecule has 0 spiro atoms. The summed E-state index contributed by atoms with van der Waals surface area (Å²) in [6.07, 6.45) is -1.32. The number of H-pyrrole nitrogens is 1. The minimum Gasteiger partial charge on any atom is -0.454 e. The number of benzene rings is 1. The summed E-state index contributed by atoms with van der Waals surface area (Å²) in [7, 11) is 0. The monoisotopic (exact) mass is 371 g/mol. The summed E-state index contributed by atoms with van der Waals surface area (Å²) >= 11 is 3.43. The topological polar surface area (TPSA) is 50.8 Å². The van der Waals surface area contributed by atoms with Crippen molar-refractivity contribution < 1.29 is 17.9 Å². The number of aromatic amines is 1. The summed E-state index contributed by atoms with van der Waals surface area (Å²) in [5.74, 6) is 0. The fourth-order valence-corrected chi connectivity index (χ4v) is 2.52. The average molecular weight is 372 g/mol. The van der Waals surface area contributed by atoms with E-state index < -0.39 is 12.8 Å². The largest absolute Gasteiger partial charge is 0.454 e. The van der Waals surface area contributed by atoms with E-state index in [0.29, 0.717) is 5.69 Å². The molecule has 0 aliphatic carbocycles. The zero-order valence-corrected chi connectivity index (χ0v) is 12.6. The van der Waals surface area contributed by atoms with Crippen molar-refractivity contribution in [3.8, 4) is 17.3 Å². The Labute approximate surface area is 131 Å². The van der Waals surface area contributed by atoms with Crippen LogP contribution in [0.5, 0.6) is 6.01 Å². The van der Waals surface area contributed by atoms with Gasteiger partial charge in [0.2, 0.25) is 0 Å². The van der Waals surface area contributed by atoms with Gasteiger partial charge in [-0.15, -0.1) is 0 Å². The Kier molecular flexibility index (Phi) is 3.78. The summed E-state index contributed by atoms with van der Waals surface area (Å²) in [5, 5.41) is 0.898. The number of rotatable bonds is 3. The molecule has 2 aromatic heterocycles. The average Bonchev–Trinajstić information content (AvgIpc) is 2.90. The maximum atomic E-state index is 12.2. The van der Waals surface area contributed by atoms with Crippen molar-refractivity contribution in [1.29, 1.82) is 0 Å². The second-order valence-corrected chi connectivity index (χ2v) is 5.35. The number of nitrogens with one attached hydrogen (secondary N) is 1. The van der Waals surface area contributed by atoms with Crippen LogP contribution in [0.4, 0.5) is 13.2 Å². The third-order valence-electron chi connectivity index (χ3n) is 2.94. The van der Waals surface area contributed by atoms with E-state index in [4.69, 9.17) is 0 Å². The molecule has 4 nitrogen and oxygen atoms in total. The SMILES string of the molecule is FC(F)(F)COc1nccc(-c2c[nH]c3c(Br)cccc23)n1. The molecule has 0 saturated carbocycles. The van der Waals surface area contributed by atoms with Crippen LogP contribution in [-0.4, -0.2) is 27.7 Å². The van der Waals surface area contributed by atoms with E-state index in [1.807, 2.05) is 18.2 Å². The van der Waals surface area contributed by atoms with E-state index in [9.17, 15) is 13.2 Å². The van der Waals surface area contributed by atoms with E-state index in [1.165, 1.54) is 6.20 Å². The van der Waals surface area contributed by atoms with Crippen LogP contribution in [0.3, 0.4) is 0 Å². The van der Waals surface area contributed by atoms with Crippen LogP contribution < -0.4 is 4.74 Å². The lowest BCUT2D eigenvalue weighted by molar-refractivity contribution is -0.154. The fraction of sp³-hybridized carbons (Fsp3) is 0.143. The van der Waals surface area contributed by atoms with Crippen molar-refractivity contribution in [2.45, 2.75) is 6.18 Å². The van der Waals surface area contributed by atoms with Crippen LogP contribution in [0.15, 0.2) is 41.1 Å². The first-order valence-electron chi connectivity index (χ1n) is 6.22. The zero-order chi connectivity index (χ0) is 15.7. The molecular weight excluding hydrogens is 363 g/mol. The van der Waals surface area contributed by atoms with Gasteiger partial charge in [0, 0.05) is 27.8 Å². The van der Waals surface area contributed by atoms with Crippen LogP contribution in [0.2, 0.25) is 0 Å². The molecule has 0 fully saturated rings. The quantitative estimate of drug-likeness (QED) is 0.745. The first kappa shape index (κ1) is 14.8. The molecule has 8 heteroatoms. The molecule has 0 aliphatic rings. The summed E-state index contributed by atoms with van der Waals surface area (Å²) in [4.78, 5) is 10.8. The first-order chi connectivity index (χ1) is 10.4. The molecule has 0 atom stereocenters. The number of hydrogen-bond donors (Lipinski definition) is 1. The maximum Gasteiger partial charge on any atom is 0.422 e. The summed E-state index contributed by atoms with van der Waals surface area (Å²) in [6.45, 7) is -1.42. The highest BCUT2D eigenvalue weighted by Crippen LogP contribution is 2.31. The third-order valence-corrected chi connectivity index (χ3v) is 3.60. The molecule has 0 bridgehead atoms. The van der Waals surface area contributed by atoms with Gasteiger partial charge in [-0.05, 0) is 28.1 Å². The van der Waals surface area contributed by atoms with E-state index in [2.05, 4.69) is 35.6 Å². The smallest absolute Gasteiger partial charge is 0.422 e. The number of aromatic nitrogens is 3. The molecule has 1 aromatic carbocycles. The summed E-state index contributed by atoms with van der Waals surface area (Å²) < 4.78 is 42.0. The Hall–Kier alpha value is -2.09. The molecule has 0 amide bonds. The standard InChI is InChI=1S/C14H9BrF3N3O/c15-10-3-1-2-8-9(6-20-12(8)10)11-4-5-19-13(21-11)22-7-14(16,17)18/h1-6,20H,7H2. The maximum absolute atomic E-state index is 12.2. The summed E-state index contributed by atoms with van der Waals surface area (Å²) in [6, 6.07) is 6.96. The van der Waals surface area contributed by atoms with Gasteiger partial charge in [-0.1, -0.05) is 12.1 Å². The molecule has 114 valence electrons. The van der Waals surface area contributed by atoms with Crippen LogP contribution in [0.25, 0.3) is 22.2 Å².